The Kier molecular flexibility index (Phi) is 2.13. The fourth-order valence-electron chi connectivity index (χ4n) is 1.96. The molecule has 0 aromatic heterocycles. The smallest absolute Gasteiger partial charge is 0.0604 e. The van der Waals surface area contributed by atoms with E-state index in [9.17, 15) is 0 Å². The number of hydrogen-bond donors (Lipinski definition) is 1. The molecule has 2 heteroatoms. The van der Waals surface area contributed by atoms with Crippen molar-refractivity contribution in [2.75, 3.05) is 23.3 Å². The van der Waals surface area contributed by atoms with Crippen molar-refractivity contribution in [1.82, 2.24) is 0 Å². The van der Waals surface area contributed by atoms with Gasteiger partial charge in [0.1, 0.15) is 0 Å². The minimum atomic E-state index is 0.597. The van der Waals surface area contributed by atoms with Crippen molar-refractivity contribution < 1.29 is 0 Å². The molecule has 1 aromatic rings. The third kappa shape index (κ3) is 1.37. The molecule has 1 aromatic carbocycles. The van der Waals surface area contributed by atoms with E-state index in [4.69, 9.17) is 0 Å². The zero-order valence-electron chi connectivity index (χ0n) is 8.25. The fraction of sp³-hybridized carbons (Fsp3) is 0.455. The molecule has 0 amide bonds. The van der Waals surface area contributed by atoms with E-state index in [0.717, 1.165) is 13.1 Å². The van der Waals surface area contributed by atoms with Gasteiger partial charge in [-0.1, -0.05) is 12.1 Å². The van der Waals surface area contributed by atoms with Crippen molar-refractivity contribution in [3.63, 3.8) is 0 Å². The summed E-state index contributed by atoms with van der Waals surface area (Å²) in [5.74, 6) is 0. The monoisotopic (exact) mass is 176 g/mol. The second kappa shape index (κ2) is 3.29. The molecular formula is C11H16N2. The summed E-state index contributed by atoms with van der Waals surface area (Å²) in [6.07, 6.45) is 0. The number of nitrogens with one attached hydrogen (secondary N) is 1. The Balaban J connectivity index is 2.39. The molecule has 1 unspecified atom stereocenters. The van der Waals surface area contributed by atoms with E-state index < -0.39 is 0 Å². The van der Waals surface area contributed by atoms with Crippen LogP contribution < -0.4 is 10.2 Å². The van der Waals surface area contributed by atoms with Crippen molar-refractivity contribution in [3.05, 3.63) is 24.3 Å². The van der Waals surface area contributed by atoms with Crippen LogP contribution in [-0.2, 0) is 0 Å². The summed E-state index contributed by atoms with van der Waals surface area (Å²) in [5, 5.41) is 3.44. The minimum Gasteiger partial charge on any atom is -0.381 e. The van der Waals surface area contributed by atoms with Crippen molar-refractivity contribution in [3.8, 4) is 0 Å². The highest BCUT2D eigenvalue weighted by Gasteiger charge is 2.19. The van der Waals surface area contributed by atoms with Gasteiger partial charge in [0.05, 0.1) is 11.4 Å². The van der Waals surface area contributed by atoms with Crippen LogP contribution in [0.5, 0.6) is 0 Å². The first-order valence-electron chi connectivity index (χ1n) is 4.92. The van der Waals surface area contributed by atoms with Crippen LogP contribution >= 0.6 is 0 Å². The Hall–Kier alpha value is -1.18. The van der Waals surface area contributed by atoms with Gasteiger partial charge in [-0.05, 0) is 26.0 Å². The standard InChI is InChI=1S/C11H16N2/c1-3-13-9(2)8-12-10-6-4-5-7-11(10)13/h4-7,9,12H,3,8H2,1-2H3. The lowest BCUT2D eigenvalue weighted by Crippen LogP contribution is -2.41. The van der Waals surface area contributed by atoms with Crippen LogP contribution in [0.1, 0.15) is 13.8 Å². The molecule has 0 aliphatic carbocycles. The average Bonchev–Trinajstić information content (AvgIpc) is 2.18. The van der Waals surface area contributed by atoms with E-state index >= 15 is 0 Å². The minimum absolute atomic E-state index is 0.597. The van der Waals surface area contributed by atoms with E-state index in [1.165, 1.54) is 11.4 Å². The van der Waals surface area contributed by atoms with Gasteiger partial charge >= 0.3 is 0 Å². The van der Waals surface area contributed by atoms with Crippen LogP contribution in [0.3, 0.4) is 0 Å². The zero-order chi connectivity index (χ0) is 9.26. The van der Waals surface area contributed by atoms with E-state index in [0.29, 0.717) is 6.04 Å². The highest BCUT2D eigenvalue weighted by atomic mass is 15.2. The maximum absolute atomic E-state index is 3.44. The zero-order valence-corrected chi connectivity index (χ0v) is 8.25. The maximum atomic E-state index is 3.44. The normalized spacial score (nSPS) is 20.8. The molecule has 2 rings (SSSR count). The Bertz CT molecular complexity index is 296. The molecule has 1 aliphatic rings. The predicted octanol–water partition coefficient (Wildman–Crippen LogP) is 2.33. The van der Waals surface area contributed by atoms with E-state index in [-0.39, 0.29) is 0 Å². The molecule has 0 saturated carbocycles. The van der Waals surface area contributed by atoms with Gasteiger partial charge in [0.2, 0.25) is 0 Å². The van der Waals surface area contributed by atoms with Crippen molar-refractivity contribution in [2.45, 2.75) is 19.9 Å². The lowest BCUT2D eigenvalue weighted by atomic mass is 10.1. The van der Waals surface area contributed by atoms with Gasteiger partial charge in [0.15, 0.2) is 0 Å². The largest absolute Gasteiger partial charge is 0.381 e. The molecule has 70 valence electrons. The summed E-state index contributed by atoms with van der Waals surface area (Å²) in [6.45, 7) is 6.59. The number of para-hydroxylation sites is 2. The van der Waals surface area contributed by atoms with Crippen LogP contribution in [0, 0.1) is 0 Å². The highest BCUT2D eigenvalue weighted by Crippen LogP contribution is 2.30. The number of nitrogens with zero attached hydrogens (tertiary/aromatic N) is 1. The number of anilines is 2. The van der Waals surface area contributed by atoms with Crippen LogP contribution in [0.15, 0.2) is 24.3 Å². The summed E-state index contributed by atoms with van der Waals surface area (Å²) >= 11 is 0. The van der Waals surface area contributed by atoms with Gasteiger partial charge in [-0.2, -0.15) is 0 Å². The Labute approximate surface area is 79.6 Å². The lowest BCUT2D eigenvalue weighted by Gasteiger charge is -2.36. The SMILES string of the molecule is CCN1c2ccccc2NCC1C. The molecule has 2 nitrogen and oxygen atoms in total. The van der Waals surface area contributed by atoms with Crippen LogP contribution in [0.4, 0.5) is 11.4 Å². The molecule has 1 atom stereocenters. The van der Waals surface area contributed by atoms with Gasteiger partial charge in [-0.25, -0.2) is 0 Å². The quantitative estimate of drug-likeness (QED) is 0.706. The first kappa shape index (κ1) is 8.42. The predicted molar refractivity (Wildman–Crippen MR) is 57.4 cm³/mol. The number of rotatable bonds is 1. The Morgan fingerprint density at radius 2 is 2.23 bits per heavy atom. The number of hydrogen-bond acceptors (Lipinski definition) is 2. The Morgan fingerprint density at radius 1 is 1.46 bits per heavy atom. The Morgan fingerprint density at radius 3 is 3.00 bits per heavy atom. The molecular weight excluding hydrogens is 160 g/mol. The van der Waals surface area contributed by atoms with Gasteiger partial charge in [0.25, 0.3) is 0 Å². The van der Waals surface area contributed by atoms with Crippen molar-refractivity contribution >= 4 is 11.4 Å². The van der Waals surface area contributed by atoms with Crippen molar-refractivity contribution in [1.29, 1.82) is 0 Å². The molecule has 1 aliphatic heterocycles. The molecule has 0 saturated heterocycles. The molecule has 0 fully saturated rings. The van der Waals surface area contributed by atoms with Crippen LogP contribution in [0.2, 0.25) is 0 Å². The fourth-order valence-corrected chi connectivity index (χ4v) is 1.96. The summed E-state index contributed by atoms with van der Waals surface area (Å²) in [4.78, 5) is 2.44. The highest BCUT2D eigenvalue weighted by molar-refractivity contribution is 5.72. The molecule has 0 spiro atoms. The molecule has 1 heterocycles. The topological polar surface area (TPSA) is 15.3 Å². The average molecular weight is 176 g/mol. The van der Waals surface area contributed by atoms with Gasteiger partial charge in [-0.15, -0.1) is 0 Å². The van der Waals surface area contributed by atoms with E-state index in [1.54, 1.807) is 0 Å². The first-order chi connectivity index (χ1) is 6.33. The third-order valence-electron chi connectivity index (χ3n) is 2.67. The van der Waals surface area contributed by atoms with Crippen LogP contribution in [0.25, 0.3) is 0 Å². The second-order valence-electron chi connectivity index (χ2n) is 3.53. The second-order valence-corrected chi connectivity index (χ2v) is 3.53. The van der Waals surface area contributed by atoms with Crippen LogP contribution in [-0.4, -0.2) is 19.1 Å². The van der Waals surface area contributed by atoms with Gasteiger partial charge in [-0.3, -0.25) is 0 Å². The first-order valence-corrected chi connectivity index (χ1v) is 4.92. The summed E-state index contributed by atoms with van der Waals surface area (Å²) < 4.78 is 0. The third-order valence-corrected chi connectivity index (χ3v) is 2.67. The van der Waals surface area contributed by atoms with Gasteiger partial charge < -0.3 is 10.2 Å². The molecule has 0 bridgehead atoms. The molecule has 1 N–H and O–H groups in total. The summed E-state index contributed by atoms with van der Waals surface area (Å²) in [7, 11) is 0. The van der Waals surface area contributed by atoms with Crippen molar-refractivity contribution in [2.24, 2.45) is 0 Å². The maximum Gasteiger partial charge on any atom is 0.0604 e. The summed E-state index contributed by atoms with van der Waals surface area (Å²) in [6, 6.07) is 9.10. The number of likely N-dealkylation sites (N-methyl/N-ethyl adjacent to an activating group) is 1. The lowest BCUT2D eigenvalue weighted by molar-refractivity contribution is 0.659. The van der Waals surface area contributed by atoms with Gasteiger partial charge in [0, 0.05) is 19.1 Å². The van der Waals surface area contributed by atoms with E-state index in [2.05, 4.69) is 48.3 Å². The number of fused-ring (bicyclic) bond motifs is 1. The van der Waals surface area contributed by atoms with E-state index in [1.807, 2.05) is 0 Å². The summed E-state index contributed by atoms with van der Waals surface area (Å²) in [5.41, 5.74) is 2.60. The molecule has 13 heavy (non-hydrogen) atoms. The number of benzene rings is 1. The molecule has 0 radical (unpaired) electrons.